The molecule has 1 heterocycles. The quantitative estimate of drug-likeness (QED) is 0.902. The average molecular weight is 332 g/mol. The lowest BCUT2D eigenvalue weighted by Gasteiger charge is -2.24. The molecule has 0 spiro atoms. The molecule has 0 aromatic heterocycles. The van der Waals surface area contributed by atoms with Gasteiger partial charge < -0.3 is 10.1 Å². The first-order valence-corrected chi connectivity index (χ1v) is 7.79. The average Bonchev–Trinajstić information content (AvgIpc) is 2.90. The van der Waals surface area contributed by atoms with Crippen molar-refractivity contribution in [2.24, 2.45) is 0 Å². The number of hydrogen-bond donors (Lipinski definition) is 1. The topological polar surface area (TPSA) is 21.3 Å². The van der Waals surface area contributed by atoms with Gasteiger partial charge >= 0.3 is 0 Å². The Morgan fingerprint density at radius 2 is 1.95 bits per heavy atom. The minimum absolute atomic E-state index is 0.289. The van der Waals surface area contributed by atoms with Gasteiger partial charge in [-0.3, -0.25) is 0 Å². The Bertz CT molecular complexity index is 582. The third kappa shape index (κ3) is 2.60. The predicted octanol–water partition coefficient (Wildman–Crippen LogP) is 4.28. The minimum Gasteiger partial charge on any atom is -0.493 e. The van der Waals surface area contributed by atoms with Gasteiger partial charge in [-0.1, -0.05) is 53.2 Å². The molecular weight excluding hydrogens is 314 g/mol. The first-order valence-electron chi connectivity index (χ1n) is 7.00. The van der Waals surface area contributed by atoms with E-state index >= 15 is 0 Å². The molecular formula is C17H18BrNO. The van der Waals surface area contributed by atoms with Crippen molar-refractivity contribution < 1.29 is 4.74 Å². The molecule has 0 saturated carbocycles. The van der Waals surface area contributed by atoms with Crippen LogP contribution in [0.25, 0.3) is 0 Å². The fraction of sp³-hybridized carbons (Fsp3) is 0.294. The smallest absolute Gasteiger partial charge is 0.122 e. The van der Waals surface area contributed by atoms with Gasteiger partial charge in [0.1, 0.15) is 5.75 Å². The summed E-state index contributed by atoms with van der Waals surface area (Å²) in [6.07, 6.45) is 0. The summed E-state index contributed by atoms with van der Waals surface area (Å²) in [7, 11) is 0. The van der Waals surface area contributed by atoms with Crippen LogP contribution in [0.3, 0.4) is 0 Å². The van der Waals surface area contributed by atoms with Crippen molar-refractivity contribution in [3.8, 4) is 5.75 Å². The van der Waals surface area contributed by atoms with Crippen molar-refractivity contribution in [2.75, 3.05) is 13.2 Å². The Balaban J connectivity index is 1.94. The molecule has 104 valence electrons. The van der Waals surface area contributed by atoms with E-state index in [1.807, 2.05) is 6.07 Å². The lowest BCUT2D eigenvalue weighted by Crippen LogP contribution is -2.27. The number of halogens is 1. The first kappa shape index (κ1) is 13.7. The fourth-order valence-corrected chi connectivity index (χ4v) is 3.11. The van der Waals surface area contributed by atoms with Crippen LogP contribution < -0.4 is 10.1 Å². The molecule has 0 fully saturated rings. The maximum absolute atomic E-state index is 5.83. The number of para-hydroxylation sites is 1. The summed E-state index contributed by atoms with van der Waals surface area (Å²) >= 11 is 3.50. The van der Waals surface area contributed by atoms with E-state index in [4.69, 9.17) is 4.74 Å². The summed E-state index contributed by atoms with van der Waals surface area (Å²) in [6, 6.07) is 17.2. The normalized spacial score (nSPS) is 18.4. The maximum Gasteiger partial charge on any atom is 0.122 e. The molecule has 2 nitrogen and oxygen atoms in total. The number of nitrogens with one attached hydrogen (secondary N) is 1. The SMILES string of the molecule is CCNC(c1ccc(Br)cc1)C1COc2ccccc21. The number of likely N-dealkylation sites (N-methyl/N-ethyl adjacent to an activating group) is 1. The Morgan fingerprint density at radius 3 is 2.70 bits per heavy atom. The largest absolute Gasteiger partial charge is 0.493 e. The number of rotatable bonds is 4. The van der Waals surface area contributed by atoms with E-state index in [0.717, 1.165) is 23.4 Å². The van der Waals surface area contributed by atoms with E-state index in [0.29, 0.717) is 5.92 Å². The van der Waals surface area contributed by atoms with E-state index < -0.39 is 0 Å². The molecule has 0 amide bonds. The van der Waals surface area contributed by atoms with E-state index in [9.17, 15) is 0 Å². The number of benzene rings is 2. The molecule has 2 aromatic carbocycles. The second kappa shape index (κ2) is 5.98. The molecule has 2 aromatic rings. The molecule has 0 radical (unpaired) electrons. The number of fused-ring (bicyclic) bond motifs is 1. The number of ether oxygens (including phenoxy) is 1. The molecule has 0 bridgehead atoms. The van der Waals surface area contributed by atoms with Gasteiger partial charge in [0.05, 0.1) is 6.61 Å². The molecule has 2 unspecified atom stereocenters. The molecule has 1 aliphatic heterocycles. The highest BCUT2D eigenvalue weighted by Gasteiger charge is 2.31. The summed E-state index contributed by atoms with van der Waals surface area (Å²) in [5, 5.41) is 3.61. The Hall–Kier alpha value is -1.32. The highest BCUT2D eigenvalue weighted by atomic mass is 79.9. The van der Waals surface area contributed by atoms with Crippen LogP contribution in [0.5, 0.6) is 5.75 Å². The van der Waals surface area contributed by atoms with Crippen LogP contribution in [0.4, 0.5) is 0 Å². The van der Waals surface area contributed by atoms with E-state index in [1.54, 1.807) is 0 Å². The lowest BCUT2D eigenvalue weighted by atomic mass is 9.88. The highest BCUT2D eigenvalue weighted by Crippen LogP contribution is 2.41. The second-order valence-electron chi connectivity index (χ2n) is 5.04. The standard InChI is InChI=1S/C17H18BrNO/c1-2-19-17(12-7-9-13(18)10-8-12)15-11-20-16-6-4-3-5-14(15)16/h3-10,15,17,19H,2,11H2,1H3. The zero-order chi connectivity index (χ0) is 13.9. The Labute approximate surface area is 128 Å². The van der Waals surface area contributed by atoms with E-state index in [-0.39, 0.29) is 6.04 Å². The lowest BCUT2D eigenvalue weighted by molar-refractivity contribution is 0.301. The zero-order valence-corrected chi connectivity index (χ0v) is 13.1. The predicted molar refractivity (Wildman–Crippen MR) is 85.2 cm³/mol. The van der Waals surface area contributed by atoms with Crippen LogP contribution in [0.15, 0.2) is 53.0 Å². The van der Waals surface area contributed by atoms with Crippen molar-refractivity contribution >= 4 is 15.9 Å². The third-order valence-electron chi connectivity index (χ3n) is 3.79. The van der Waals surface area contributed by atoms with Crippen LogP contribution >= 0.6 is 15.9 Å². The highest BCUT2D eigenvalue weighted by molar-refractivity contribution is 9.10. The van der Waals surface area contributed by atoms with Gasteiger partial charge in [0.2, 0.25) is 0 Å². The molecule has 1 N–H and O–H groups in total. The van der Waals surface area contributed by atoms with Crippen LogP contribution in [-0.4, -0.2) is 13.2 Å². The summed E-state index contributed by atoms with van der Waals surface area (Å²) < 4.78 is 6.95. The zero-order valence-electron chi connectivity index (χ0n) is 11.5. The van der Waals surface area contributed by atoms with Gasteiger partial charge in [-0.15, -0.1) is 0 Å². The van der Waals surface area contributed by atoms with E-state index in [1.165, 1.54) is 11.1 Å². The van der Waals surface area contributed by atoms with Crippen molar-refractivity contribution in [1.29, 1.82) is 0 Å². The summed E-state index contributed by atoms with van der Waals surface area (Å²) in [5.74, 6) is 1.39. The van der Waals surface area contributed by atoms with Crippen LogP contribution in [0, 0.1) is 0 Å². The number of hydrogen-bond acceptors (Lipinski definition) is 2. The first-order chi connectivity index (χ1) is 9.79. The molecule has 1 aliphatic rings. The maximum atomic E-state index is 5.83. The van der Waals surface area contributed by atoms with Crippen molar-refractivity contribution in [3.05, 3.63) is 64.1 Å². The van der Waals surface area contributed by atoms with Gasteiger partial charge in [-0.2, -0.15) is 0 Å². The van der Waals surface area contributed by atoms with Gasteiger partial charge in [0.25, 0.3) is 0 Å². The summed E-state index contributed by atoms with van der Waals surface area (Å²) in [6.45, 7) is 3.83. The second-order valence-corrected chi connectivity index (χ2v) is 5.96. The minimum atomic E-state index is 0.289. The Kier molecular flexibility index (Phi) is 4.08. The monoisotopic (exact) mass is 331 g/mol. The molecule has 2 atom stereocenters. The van der Waals surface area contributed by atoms with E-state index in [2.05, 4.69) is 70.6 Å². The van der Waals surface area contributed by atoms with Crippen LogP contribution in [0.1, 0.15) is 30.0 Å². The molecule has 3 heteroatoms. The summed E-state index contributed by atoms with van der Waals surface area (Å²) in [4.78, 5) is 0. The third-order valence-corrected chi connectivity index (χ3v) is 4.32. The van der Waals surface area contributed by atoms with Crippen molar-refractivity contribution in [3.63, 3.8) is 0 Å². The van der Waals surface area contributed by atoms with Crippen molar-refractivity contribution in [2.45, 2.75) is 18.9 Å². The van der Waals surface area contributed by atoms with Crippen LogP contribution in [0.2, 0.25) is 0 Å². The molecule has 0 saturated heterocycles. The molecule has 0 aliphatic carbocycles. The van der Waals surface area contributed by atoms with Crippen LogP contribution in [-0.2, 0) is 0 Å². The van der Waals surface area contributed by atoms with Gasteiger partial charge in [-0.25, -0.2) is 0 Å². The van der Waals surface area contributed by atoms with Crippen molar-refractivity contribution in [1.82, 2.24) is 5.32 Å². The van der Waals surface area contributed by atoms with Gasteiger partial charge in [-0.05, 0) is 30.3 Å². The van der Waals surface area contributed by atoms with Gasteiger partial charge in [0.15, 0.2) is 0 Å². The van der Waals surface area contributed by atoms with Gasteiger partial charge in [0, 0.05) is 22.0 Å². The summed E-state index contributed by atoms with van der Waals surface area (Å²) in [5.41, 5.74) is 2.61. The fourth-order valence-electron chi connectivity index (χ4n) is 2.85. The molecule has 3 rings (SSSR count). The Morgan fingerprint density at radius 1 is 1.20 bits per heavy atom. The molecule has 20 heavy (non-hydrogen) atoms.